The largest absolute Gasteiger partial charge is 0.483 e. The van der Waals surface area contributed by atoms with Gasteiger partial charge in [-0.3, -0.25) is 9.59 Å². The van der Waals surface area contributed by atoms with Crippen molar-refractivity contribution in [2.45, 2.75) is 26.2 Å². The third-order valence-electron chi connectivity index (χ3n) is 4.90. The van der Waals surface area contributed by atoms with Gasteiger partial charge in [-0.15, -0.1) is 0 Å². The lowest BCUT2D eigenvalue weighted by atomic mass is 9.86. The zero-order valence-corrected chi connectivity index (χ0v) is 18.4. The summed E-state index contributed by atoms with van der Waals surface area (Å²) in [5.74, 6) is 0.251. The van der Waals surface area contributed by atoms with E-state index in [0.717, 1.165) is 11.3 Å². The van der Waals surface area contributed by atoms with Crippen molar-refractivity contribution in [3.8, 4) is 5.75 Å². The minimum absolute atomic E-state index is 0.0907. The lowest BCUT2D eigenvalue weighted by molar-refractivity contribution is -0.118. The smallest absolute Gasteiger partial charge is 0.262 e. The van der Waals surface area contributed by atoms with Crippen molar-refractivity contribution in [2.24, 2.45) is 0 Å². The van der Waals surface area contributed by atoms with Crippen LogP contribution in [0.15, 0.2) is 78.9 Å². The van der Waals surface area contributed by atoms with Gasteiger partial charge in [-0.2, -0.15) is 0 Å². The number of nitrogens with zero attached hydrogens (tertiary/aromatic N) is 1. The maximum absolute atomic E-state index is 12.8. The Bertz CT molecular complexity index is 1060. The summed E-state index contributed by atoms with van der Waals surface area (Å²) in [5, 5.41) is 2.81. The van der Waals surface area contributed by atoms with Crippen LogP contribution in [0.4, 0.5) is 11.4 Å². The Labute approximate surface area is 183 Å². The summed E-state index contributed by atoms with van der Waals surface area (Å²) >= 11 is 0. The molecular formula is C26H28N2O3. The standard InChI is InChI=1S/C26H28N2O3/c1-26(2,3)22-15-8-9-16-23(22)31-18-24(29)27-20-12-10-11-19(17-20)25(30)28(4)21-13-6-5-7-14-21/h5-17H,18H2,1-4H3,(H,27,29). The molecule has 5 nitrogen and oxygen atoms in total. The van der Waals surface area contributed by atoms with Crippen LogP contribution in [0, 0.1) is 0 Å². The number of hydrogen-bond donors (Lipinski definition) is 1. The molecule has 0 saturated heterocycles. The number of nitrogens with one attached hydrogen (secondary N) is 1. The molecule has 0 unspecified atom stereocenters. The maximum Gasteiger partial charge on any atom is 0.262 e. The molecule has 0 aromatic heterocycles. The number of rotatable bonds is 6. The highest BCUT2D eigenvalue weighted by atomic mass is 16.5. The monoisotopic (exact) mass is 416 g/mol. The van der Waals surface area contributed by atoms with Gasteiger partial charge in [-0.1, -0.05) is 63.2 Å². The topological polar surface area (TPSA) is 58.6 Å². The number of hydrogen-bond acceptors (Lipinski definition) is 3. The zero-order valence-electron chi connectivity index (χ0n) is 18.4. The first-order valence-electron chi connectivity index (χ1n) is 10.2. The third kappa shape index (κ3) is 5.72. The summed E-state index contributed by atoms with van der Waals surface area (Å²) in [5.41, 5.74) is 2.78. The molecule has 0 radical (unpaired) electrons. The van der Waals surface area contributed by atoms with Crippen LogP contribution in [0.3, 0.4) is 0 Å². The average molecular weight is 417 g/mol. The fourth-order valence-corrected chi connectivity index (χ4v) is 3.24. The molecule has 1 N–H and O–H groups in total. The number of anilines is 2. The summed E-state index contributed by atoms with van der Waals surface area (Å²) in [7, 11) is 1.73. The minimum atomic E-state index is -0.287. The summed E-state index contributed by atoms with van der Waals surface area (Å²) in [4.78, 5) is 26.8. The van der Waals surface area contributed by atoms with Crippen molar-refractivity contribution in [1.82, 2.24) is 0 Å². The summed E-state index contributed by atoms with van der Waals surface area (Å²) in [6.45, 7) is 6.19. The molecule has 5 heteroatoms. The van der Waals surface area contributed by atoms with Crippen molar-refractivity contribution in [2.75, 3.05) is 23.9 Å². The van der Waals surface area contributed by atoms with Gasteiger partial charge in [-0.25, -0.2) is 0 Å². The van der Waals surface area contributed by atoms with Gasteiger partial charge in [0, 0.05) is 24.0 Å². The van der Waals surface area contributed by atoms with E-state index in [-0.39, 0.29) is 23.8 Å². The Balaban J connectivity index is 1.65. The van der Waals surface area contributed by atoms with Gasteiger partial charge >= 0.3 is 0 Å². The molecular weight excluding hydrogens is 388 g/mol. The fraction of sp³-hybridized carbons (Fsp3) is 0.231. The van der Waals surface area contributed by atoms with E-state index >= 15 is 0 Å². The molecule has 0 fully saturated rings. The highest BCUT2D eigenvalue weighted by Gasteiger charge is 2.19. The first kappa shape index (κ1) is 22.1. The van der Waals surface area contributed by atoms with Gasteiger partial charge in [0.05, 0.1) is 0 Å². The molecule has 3 aromatic rings. The van der Waals surface area contributed by atoms with Crippen molar-refractivity contribution < 1.29 is 14.3 Å². The van der Waals surface area contributed by atoms with Crippen molar-refractivity contribution >= 4 is 23.2 Å². The Hall–Kier alpha value is -3.60. The van der Waals surface area contributed by atoms with Crippen molar-refractivity contribution in [3.05, 3.63) is 90.0 Å². The molecule has 3 rings (SSSR count). The van der Waals surface area contributed by atoms with Gasteiger partial charge in [-0.05, 0) is 47.4 Å². The highest BCUT2D eigenvalue weighted by Crippen LogP contribution is 2.30. The van der Waals surface area contributed by atoms with Gasteiger partial charge in [0.2, 0.25) is 0 Å². The van der Waals surface area contributed by atoms with Crippen LogP contribution in [0.1, 0.15) is 36.7 Å². The van der Waals surface area contributed by atoms with Gasteiger partial charge < -0.3 is 15.0 Å². The lowest BCUT2D eigenvalue weighted by Crippen LogP contribution is -2.26. The third-order valence-corrected chi connectivity index (χ3v) is 4.90. The Morgan fingerprint density at radius 3 is 2.29 bits per heavy atom. The maximum atomic E-state index is 12.8. The van der Waals surface area contributed by atoms with Crippen LogP contribution in [0.5, 0.6) is 5.75 Å². The number of ether oxygens (including phenoxy) is 1. The van der Waals surface area contributed by atoms with E-state index in [9.17, 15) is 9.59 Å². The van der Waals surface area contributed by atoms with Crippen LogP contribution in [0.2, 0.25) is 0 Å². The zero-order chi connectivity index (χ0) is 22.4. The molecule has 0 heterocycles. The van der Waals surface area contributed by atoms with Gasteiger partial charge in [0.25, 0.3) is 11.8 Å². The molecule has 160 valence electrons. The Kier molecular flexibility index (Phi) is 6.75. The lowest BCUT2D eigenvalue weighted by Gasteiger charge is -2.22. The second kappa shape index (κ2) is 9.47. The van der Waals surface area contributed by atoms with E-state index in [1.807, 2.05) is 54.6 Å². The number of para-hydroxylation sites is 2. The second-order valence-corrected chi connectivity index (χ2v) is 8.36. The molecule has 0 aliphatic carbocycles. The predicted octanol–water partition coefficient (Wildman–Crippen LogP) is 5.28. The first-order chi connectivity index (χ1) is 14.8. The Morgan fingerprint density at radius 1 is 0.903 bits per heavy atom. The highest BCUT2D eigenvalue weighted by molar-refractivity contribution is 6.06. The van der Waals surface area contributed by atoms with Crippen molar-refractivity contribution in [1.29, 1.82) is 0 Å². The predicted molar refractivity (Wildman–Crippen MR) is 125 cm³/mol. The van der Waals surface area contributed by atoms with E-state index < -0.39 is 0 Å². The first-order valence-corrected chi connectivity index (χ1v) is 10.2. The van der Waals surface area contributed by atoms with E-state index in [4.69, 9.17) is 4.74 Å². The van der Waals surface area contributed by atoms with Gasteiger partial charge in [0.1, 0.15) is 5.75 Å². The van der Waals surface area contributed by atoms with Crippen LogP contribution in [-0.4, -0.2) is 25.5 Å². The minimum Gasteiger partial charge on any atom is -0.483 e. The SMILES string of the molecule is CN(C(=O)c1cccc(NC(=O)COc2ccccc2C(C)(C)C)c1)c1ccccc1. The number of benzene rings is 3. The second-order valence-electron chi connectivity index (χ2n) is 8.36. The molecule has 0 saturated carbocycles. The van der Waals surface area contributed by atoms with Crippen LogP contribution in [0.25, 0.3) is 0 Å². The molecule has 0 spiro atoms. The van der Waals surface area contributed by atoms with Gasteiger partial charge in [0.15, 0.2) is 6.61 Å². The van der Waals surface area contributed by atoms with Crippen LogP contribution in [-0.2, 0) is 10.2 Å². The molecule has 0 aliphatic heterocycles. The molecule has 0 atom stereocenters. The molecule has 31 heavy (non-hydrogen) atoms. The number of carbonyl (C=O) groups excluding carboxylic acids is 2. The average Bonchev–Trinajstić information content (AvgIpc) is 2.77. The van der Waals surface area contributed by atoms with E-state index in [1.165, 1.54) is 0 Å². The number of amides is 2. The molecule has 2 amide bonds. The van der Waals surface area contributed by atoms with E-state index in [0.29, 0.717) is 17.0 Å². The van der Waals surface area contributed by atoms with E-state index in [1.54, 1.807) is 36.2 Å². The van der Waals surface area contributed by atoms with Crippen molar-refractivity contribution in [3.63, 3.8) is 0 Å². The number of carbonyl (C=O) groups is 2. The summed E-state index contributed by atoms with van der Waals surface area (Å²) < 4.78 is 5.78. The van der Waals surface area contributed by atoms with Crippen LogP contribution >= 0.6 is 0 Å². The summed E-state index contributed by atoms with van der Waals surface area (Å²) in [6, 6.07) is 24.0. The molecule has 3 aromatic carbocycles. The fourth-order valence-electron chi connectivity index (χ4n) is 3.24. The normalized spacial score (nSPS) is 11.0. The summed E-state index contributed by atoms with van der Waals surface area (Å²) in [6.07, 6.45) is 0. The van der Waals surface area contributed by atoms with E-state index in [2.05, 4.69) is 26.1 Å². The Morgan fingerprint density at radius 2 is 1.58 bits per heavy atom. The molecule has 0 bridgehead atoms. The quantitative estimate of drug-likeness (QED) is 0.595. The van der Waals surface area contributed by atoms with Crippen LogP contribution < -0.4 is 15.0 Å². The molecule has 0 aliphatic rings.